The Labute approximate surface area is 165 Å². The van der Waals surface area contributed by atoms with E-state index in [1.54, 1.807) is 0 Å². The molecule has 3 fully saturated rings. The fraction of sp³-hybridized carbons (Fsp3) is 0.591. The van der Waals surface area contributed by atoms with Gasteiger partial charge >= 0.3 is 6.03 Å². The summed E-state index contributed by atoms with van der Waals surface area (Å²) in [6.07, 6.45) is 4.62. The molecular weight excluding hydrogens is 354 g/mol. The molecule has 6 heteroatoms. The summed E-state index contributed by atoms with van der Waals surface area (Å²) in [4.78, 5) is 38.8. The first-order valence-electron chi connectivity index (χ1n) is 10.4. The number of piperidine rings is 1. The number of likely N-dealkylation sites (tertiary alicyclic amines) is 1. The van der Waals surface area contributed by atoms with Gasteiger partial charge in [0.2, 0.25) is 11.8 Å². The van der Waals surface area contributed by atoms with E-state index in [0.717, 1.165) is 38.8 Å². The first kappa shape index (κ1) is 19.0. The number of imide groups is 1. The lowest BCUT2D eigenvalue weighted by Gasteiger charge is -2.34. The van der Waals surface area contributed by atoms with Gasteiger partial charge in [0.1, 0.15) is 0 Å². The first-order chi connectivity index (χ1) is 13.4. The van der Waals surface area contributed by atoms with Crippen molar-refractivity contribution in [3.63, 3.8) is 0 Å². The number of nitrogens with two attached hydrogens (primary N) is 1. The third kappa shape index (κ3) is 3.40. The second-order valence-electron chi connectivity index (χ2n) is 8.74. The maximum absolute atomic E-state index is 13.1. The molecule has 1 aromatic carbocycles. The average molecular weight is 383 g/mol. The standard InChI is InChI=1S/C22H29N3O3/c1-14(18-13-22(18,17-7-8-17)20(27)24-21(23)28)19(26)25-11-9-16(10-12-25)15-5-3-2-4-6-15/h2-6,14,16-18H,7-13H2,1H3,(H3,23,24,27,28)/t14-,18?,22-/m0/s1. The summed E-state index contributed by atoms with van der Waals surface area (Å²) in [7, 11) is 0. The third-order valence-corrected chi connectivity index (χ3v) is 7.10. The van der Waals surface area contributed by atoms with Crippen molar-refractivity contribution in [2.45, 2.75) is 44.9 Å². The third-order valence-electron chi connectivity index (χ3n) is 7.10. The largest absolute Gasteiger partial charge is 0.351 e. The van der Waals surface area contributed by atoms with E-state index < -0.39 is 11.4 Å². The molecule has 0 radical (unpaired) electrons. The van der Waals surface area contributed by atoms with Crippen LogP contribution in [0.15, 0.2) is 30.3 Å². The van der Waals surface area contributed by atoms with Gasteiger partial charge in [0.05, 0.1) is 5.41 Å². The molecule has 3 atom stereocenters. The molecule has 4 rings (SSSR count). The summed E-state index contributed by atoms with van der Waals surface area (Å²) < 4.78 is 0. The Bertz CT molecular complexity index is 768. The number of rotatable bonds is 5. The second-order valence-corrected chi connectivity index (χ2v) is 8.74. The molecule has 2 aliphatic carbocycles. The van der Waals surface area contributed by atoms with E-state index in [-0.39, 0.29) is 29.6 Å². The van der Waals surface area contributed by atoms with Crippen LogP contribution in [-0.2, 0) is 9.59 Å². The average Bonchev–Trinajstić information content (AvgIpc) is 3.60. The summed E-state index contributed by atoms with van der Waals surface area (Å²) in [5.74, 6) is 0.469. The highest BCUT2D eigenvalue weighted by Crippen LogP contribution is 2.68. The summed E-state index contributed by atoms with van der Waals surface area (Å²) in [6, 6.07) is 9.68. The molecule has 1 unspecified atom stereocenters. The molecule has 3 aliphatic rings. The summed E-state index contributed by atoms with van der Waals surface area (Å²) in [6.45, 7) is 3.47. The van der Waals surface area contributed by atoms with Crippen LogP contribution in [0, 0.1) is 23.2 Å². The molecule has 1 aliphatic heterocycles. The Morgan fingerprint density at radius 1 is 1.11 bits per heavy atom. The van der Waals surface area contributed by atoms with Crippen LogP contribution in [0.3, 0.4) is 0 Å². The van der Waals surface area contributed by atoms with Gasteiger partial charge in [-0.05, 0) is 55.4 Å². The molecule has 150 valence electrons. The number of nitrogens with one attached hydrogen (secondary N) is 1. The lowest BCUT2D eigenvalue weighted by Crippen LogP contribution is -2.44. The van der Waals surface area contributed by atoms with E-state index in [2.05, 4.69) is 29.6 Å². The molecular formula is C22H29N3O3. The highest BCUT2D eigenvalue weighted by atomic mass is 16.2. The molecule has 1 heterocycles. The predicted molar refractivity (Wildman–Crippen MR) is 105 cm³/mol. The van der Waals surface area contributed by atoms with Crippen LogP contribution >= 0.6 is 0 Å². The molecule has 4 amide bonds. The van der Waals surface area contributed by atoms with Crippen molar-refractivity contribution in [2.75, 3.05) is 13.1 Å². The van der Waals surface area contributed by atoms with Crippen molar-refractivity contribution in [1.29, 1.82) is 0 Å². The minimum absolute atomic E-state index is 0.0127. The van der Waals surface area contributed by atoms with E-state index >= 15 is 0 Å². The zero-order valence-electron chi connectivity index (χ0n) is 16.4. The number of hydrogen-bond donors (Lipinski definition) is 2. The highest BCUT2D eigenvalue weighted by Gasteiger charge is 2.69. The zero-order valence-corrected chi connectivity index (χ0v) is 16.4. The normalized spacial score (nSPS) is 28.5. The van der Waals surface area contributed by atoms with E-state index in [1.165, 1.54) is 5.56 Å². The van der Waals surface area contributed by atoms with Crippen LogP contribution in [0.2, 0.25) is 0 Å². The monoisotopic (exact) mass is 383 g/mol. The van der Waals surface area contributed by atoms with Gasteiger partial charge < -0.3 is 10.6 Å². The van der Waals surface area contributed by atoms with Crippen LogP contribution in [0.5, 0.6) is 0 Å². The Kier molecular flexibility index (Phi) is 4.89. The molecule has 0 bridgehead atoms. The molecule has 0 spiro atoms. The number of nitrogens with zero attached hydrogens (tertiary/aromatic N) is 1. The number of carbonyl (C=O) groups is 3. The lowest BCUT2D eigenvalue weighted by molar-refractivity contribution is -0.137. The predicted octanol–water partition coefficient (Wildman–Crippen LogP) is 2.64. The van der Waals surface area contributed by atoms with Crippen molar-refractivity contribution >= 4 is 17.8 Å². The fourth-order valence-corrected chi connectivity index (χ4v) is 5.29. The quantitative estimate of drug-likeness (QED) is 0.819. The molecule has 2 saturated carbocycles. The summed E-state index contributed by atoms with van der Waals surface area (Å²) in [5.41, 5.74) is 5.94. The van der Waals surface area contributed by atoms with Gasteiger partial charge in [-0.2, -0.15) is 0 Å². The van der Waals surface area contributed by atoms with E-state index in [4.69, 9.17) is 5.73 Å². The number of carbonyl (C=O) groups excluding carboxylic acids is 3. The Morgan fingerprint density at radius 2 is 1.75 bits per heavy atom. The Hall–Kier alpha value is -2.37. The minimum Gasteiger partial charge on any atom is -0.351 e. The Morgan fingerprint density at radius 3 is 2.32 bits per heavy atom. The maximum Gasteiger partial charge on any atom is 0.318 e. The van der Waals surface area contributed by atoms with Crippen molar-refractivity contribution in [3.8, 4) is 0 Å². The van der Waals surface area contributed by atoms with Crippen LogP contribution in [0.4, 0.5) is 4.79 Å². The summed E-state index contributed by atoms with van der Waals surface area (Å²) >= 11 is 0. The van der Waals surface area contributed by atoms with Gasteiger partial charge in [-0.1, -0.05) is 37.3 Å². The number of primary amides is 1. The number of amides is 4. The van der Waals surface area contributed by atoms with E-state index in [9.17, 15) is 14.4 Å². The maximum atomic E-state index is 13.1. The van der Waals surface area contributed by atoms with Crippen molar-refractivity contribution in [2.24, 2.45) is 28.9 Å². The van der Waals surface area contributed by atoms with Gasteiger partial charge in [0.25, 0.3) is 0 Å². The molecule has 6 nitrogen and oxygen atoms in total. The van der Waals surface area contributed by atoms with Crippen LogP contribution in [0.1, 0.15) is 50.5 Å². The zero-order chi connectivity index (χ0) is 19.9. The van der Waals surface area contributed by atoms with Gasteiger partial charge in [-0.25, -0.2) is 4.79 Å². The first-order valence-corrected chi connectivity index (χ1v) is 10.4. The molecule has 0 aromatic heterocycles. The van der Waals surface area contributed by atoms with E-state index in [0.29, 0.717) is 12.3 Å². The van der Waals surface area contributed by atoms with Gasteiger partial charge in [0.15, 0.2) is 0 Å². The van der Waals surface area contributed by atoms with E-state index in [1.807, 2.05) is 17.9 Å². The molecule has 3 N–H and O–H groups in total. The highest BCUT2D eigenvalue weighted by molar-refractivity contribution is 5.99. The Balaban J connectivity index is 1.37. The fourth-order valence-electron chi connectivity index (χ4n) is 5.29. The molecule has 28 heavy (non-hydrogen) atoms. The SMILES string of the molecule is C[C@H](C(=O)N1CCC(c2ccccc2)CC1)C1C[C@]1(C(=O)NC(N)=O)C1CC1. The van der Waals surface area contributed by atoms with Crippen LogP contribution in [0.25, 0.3) is 0 Å². The summed E-state index contributed by atoms with van der Waals surface area (Å²) in [5, 5.41) is 2.27. The van der Waals surface area contributed by atoms with Crippen molar-refractivity contribution in [3.05, 3.63) is 35.9 Å². The number of urea groups is 1. The minimum atomic E-state index is -0.808. The second kappa shape index (κ2) is 7.22. The van der Waals surface area contributed by atoms with Crippen LogP contribution in [-0.4, -0.2) is 35.8 Å². The smallest absolute Gasteiger partial charge is 0.318 e. The number of benzene rings is 1. The number of hydrogen-bond acceptors (Lipinski definition) is 3. The topological polar surface area (TPSA) is 92.5 Å². The van der Waals surface area contributed by atoms with Crippen molar-refractivity contribution < 1.29 is 14.4 Å². The van der Waals surface area contributed by atoms with Gasteiger partial charge in [0, 0.05) is 19.0 Å². The van der Waals surface area contributed by atoms with Crippen LogP contribution < -0.4 is 11.1 Å². The lowest BCUT2D eigenvalue weighted by atomic mass is 9.87. The van der Waals surface area contributed by atoms with Gasteiger partial charge in [-0.15, -0.1) is 0 Å². The molecule has 1 saturated heterocycles. The van der Waals surface area contributed by atoms with Gasteiger partial charge in [-0.3, -0.25) is 14.9 Å². The van der Waals surface area contributed by atoms with Crippen molar-refractivity contribution in [1.82, 2.24) is 10.2 Å². The molecule has 1 aromatic rings.